The van der Waals surface area contributed by atoms with Crippen LogP contribution < -0.4 is 9.46 Å². The molecule has 1 saturated heterocycles. The van der Waals surface area contributed by atoms with Crippen molar-refractivity contribution in [1.29, 1.82) is 0 Å². The van der Waals surface area contributed by atoms with Gasteiger partial charge in [0.1, 0.15) is 12.3 Å². The molecule has 1 atom stereocenters. The Labute approximate surface area is 278 Å². The molecular weight excluding hydrogens is 616 g/mol. The Kier molecular flexibility index (Phi) is 9.55. The third-order valence-corrected chi connectivity index (χ3v) is 11.2. The van der Waals surface area contributed by atoms with E-state index in [1.54, 1.807) is 25.3 Å². The van der Waals surface area contributed by atoms with Crippen LogP contribution >= 0.6 is 0 Å². The fraction of sp³-hybridized carbons (Fsp3) is 0.543. The van der Waals surface area contributed by atoms with E-state index in [9.17, 15) is 13.2 Å². The first-order valence-corrected chi connectivity index (χ1v) is 18.1. The fourth-order valence-corrected chi connectivity index (χ4v) is 8.43. The van der Waals surface area contributed by atoms with Crippen molar-refractivity contribution in [3.63, 3.8) is 0 Å². The molecule has 6 rings (SSSR count). The van der Waals surface area contributed by atoms with Crippen LogP contribution in [0.25, 0.3) is 11.3 Å². The third-order valence-electron chi connectivity index (χ3n) is 9.94. The molecule has 2 aliphatic heterocycles. The molecule has 252 valence electrons. The molecule has 2 aromatic heterocycles. The lowest BCUT2D eigenvalue weighted by molar-refractivity contribution is -0.0546. The Hall–Kier alpha value is -3.61. The number of rotatable bonds is 7. The van der Waals surface area contributed by atoms with Crippen molar-refractivity contribution in [3.05, 3.63) is 59.3 Å². The number of fused-ring (bicyclic) bond motifs is 4. The largest absolute Gasteiger partial charge is 0.475 e. The third kappa shape index (κ3) is 7.14. The zero-order valence-corrected chi connectivity index (χ0v) is 28.8. The predicted octanol–water partition coefficient (Wildman–Crippen LogP) is 5.10. The van der Waals surface area contributed by atoms with Crippen LogP contribution in [0.5, 0.6) is 5.88 Å². The van der Waals surface area contributed by atoms with E-state index in [2.05, 4.69) is 38.4 Å². The Morgan fingerprint density at radius 3 is 2.40 bits per heavy atom. The number of carbonyl (C=O) groups is 1. The standard InChI is InChI=1S/C35H46N6O5S/c1-23(2)18-26-22-46-30-19-29(32-24(3)8-6-9-25(32)4)37-34(38-30)39-47(43,44)31-11-7-10-28(36-31)33(42)41(26)27-20-35(21-27)12-14-40(15-13-35)16-17-45-5/h6-11,19,23,26-27H,12-18,20-22H2,1-5H3,(H,37,38,39)/t26-/m1/s1. The van der Waals surface area contributed by atoms with Gasteiger partial charge in [0.2, 0.25) is 11.8 Å². The average molecular weight is 663 g/mol. The normalized spacial score (nSPS) is 21.3. The first-order valence-electron chi connectivity index (χ1n) is 16.6. The van der Waals surface area contributed by atoms with Crippen LogP contribution in [-0.2, 0) is 14.8 Å². The Balaban J connectivity index is 1.37. The minimum absolute atomic E-state index is 0.00293. The van der Waals surface area contributed by atoms with E-state index >= 15 is 0 Å². The number of carbonyl (C=O) groups excluding carboxylic acids is 1. The number of nitrogens with one attached hydrogen (secondary N) is 1. The van der Waals surface area contributed by atoms with Crippen LogP contribution in [0.2, 0.25) is 0 Å². The summed E-state index contributed by atoms with van der Waals surface area (Å²) in [6, 6.07) is 12.0. The van der Waals surface area contributed by atoms with Crippen molar-refractivity contribution in [1.82, 2.24) is 24.8 Å². The summed E-state index contributed by atoms with van der Waals surface area (Å²) in [6.45, 7) is 12.2. The first kappa shape index (κ1) is 33.3. The van der Waals surface area contributed by atoms with E-state index in [0.29, 0.717) is 12.1 Å². The highest BCUT2D eigenvalue weighted by Crippen LogP contribution is 2.52. The molecule has 47 heavy (non-hydrogen) atoms. The second-order valence-electron chi connectivity index (χ2n) is 13.9. The monoisotopic (exact) mass is 662 g/mol. The summed E-state index contributed by atoms with van der Waals surface area (Å²) < 4.78 is 41.4. The second-order valence-corrected chi connectivity index (χ2v) is 15.5. The SMILES string of the molecule is COCCN1CCC2(CC1)CC(N1C(=O)c3cccc(n3)S(=O)(=O)Nc3nc(cc(-c4c(C)cccc4C)n3)OC[C@H]1CC(C)C)C2. The molecule has 1 amide bonds. The van der Waals surface area contributed by atoms with Crippen LogP contribution in [0.3, 0.4) is 0 Å². The van der Waals surface area contributed by atoms with E-state index in [1.165, 1.54) is 6.07 Å². The van der Waals surface area contributed by atoms with Gasteiger partial charge in [-0.2, -0.15) is 13.4 Å². The molecule has 1 saturated carbocycles. The topological polar surface area (TPSA) is 127 Å². The number of piperidine rings is 1. The van der Waals surface area contributed by atoms with E-state index < -0.39 is 10.0 Å². The van der Waals surface area contributed by atoms with E-state index in [0.717, 1.165) is 68.6 Å². The quantitative estimate of drug-likeness (QED) is 0.368. The lowest BCUT2D eigenvalue weighted by Crippen LogP contribution is -2.60. The smallest absolute Gasteiger partial charge is 0.281 e. The zero-order chi connectivity index (χ0) is 33.3. The number of hydrogen-bond acceptors (Lipinski definition) is 9. The summed E-state index contributed by atoms with van der Waals surface area (Å²) >= 11 is 0. The van der Waals surface area contributed by atoms with Gasteiger partial charge < -0.3 is 19.3 Å². The summed E-state index contributed by atoms with van der Waals surface area (Å²) in [5, 5.41) is -0.264. The van der Waals surface area contributed by atoms with Crippen molar-refractivity contribution in [2.45, 2.75) is 76.9 Å². The van der Waals surface area contributed by atoms with Crippen molar-refractivity contribution in [2.24, 2.45) is 11.3 Å². The van der Waals surface area contributed by atoms with Gasteiger partial charge in [-0.15, -0.1) is 0 Å². The predicted molar refractivity (Wildman–Crippen MR) is 180 cm³/mol. The molecule has 1 spiro atoms. The van der Waals surface area contributed by atoms with Gasteiger partial charge in [-0.1, -0.05) is 38.1 Å². The number of ether oxygens (including phenoxy) is 2. The minimum atomic E-state index is -4.22. The van der Waals surface area contributed by atoms with E-state index in [4.69, 9.17) is 9.47 Å². The minimum Gasteiger partial charge on any atom is -0.475 e. The number of likely N-dealkylation sites (tertiary alicyclic amines) is 1. The molecule has 4 bridgehead atoms. The molecule has 1 N–H and O–H groups in total. The van der Waals surface area contributed by atoms with E-state index in [-0.39, 0.29) is 58.5 Å². The molecule has 1 aromatic carbocycles. The lowest BCUT2D eigenvalue weighted by Gasteiger charge is -2.56. The Morgan fingerprint density at radius 1 is 1.02 bits per heavy atom. The number of aromatic nitrogens is 3. The van der Waals surface area contributed by atoms with Crippen LogP contribution in [0.1, 0.15) is 67.6 Å². The number of benzene rings is 1. The van der Waals surface area contributed by atoms with E-state index in [1.807, 2.05) is 36.9 Å². The summed E-state index contributed by atoms with van der Waals surface area (Å²) in [5.74, 6) is 0.124. The summed E-state index contributed by atoms with van der Waals surface area (Å²) in [5.41, 5.74) is 3.71. The van der Waals surface area contributed by atoms with Crippen molar-refractivity contribution in [3.8, 4) is 17.1 Å². The number of methoxy groups -OCH3 is 1. The molecule has 4 heterocycles. The molecule has 1 aliphatic carbocycles. The highest BCUT2D eigenvalue weighted by molar-refractivity contribution is 7.92. The number of sulfonamides is 1. The summed E-state index contributed by atoms with van der Waals surface area (Å²) in [7, 11) is -2.49. The second kappa shape index (κ2) is 13.5. The van der Waals surface area contributed by atoms with Crippen molar-refractivity contribution < 1.29 is 22.7 Å². The van der Waals surface area contributed by atoms with Gasteiger partial charge in [0.25, 0.3) is 15.9 Å². The number of pyridine rings is 1. The molecule has 0 unspecified atom stereocenters. The lowest BCUT2D eigenvalue weighted by atomic mass is 9.59. The van der Waals surface area contributed by atoms with Gasteiger partial charge in [-0.3, -0.25) is 4.79 Å². The van der Waals surface area contributed by atoms with Gasteiger partial charge in [0, 0.05) is 31.3 Å². The molecule has 0 radical (unpaired) electrons. The number of hydrogen-bond donors (Lipinski definition) is 1. The fourth-order valence-electron chi connectivity index (χ4n) is 7.51. The van der Waals surface area contributed by atoms with Crippen LogP contribution in [0.4, 0.5) is 5.95 Å². The van der Waals surface area contributed by atoms with Crippen LogP contribution in [0.15, 0.2) is 47.5 Å². The molecule has 3 aliphatic rings. The molecule has 2 fully saturated rings. The average Bonchev–Trinajstić information content (AvgIpc) is 3.01. The van der Waals surface area contributed by atoms with Gasteiger partial charge in [-0.05, 0) is 93.6 Å². The highest BCUT2D eigenvalue weighted by Gasteiger charge is 2.50. The maximum atomic E-state index is 14.4. The van der Waals surface area contributed by atoms with Gasteiger partial charge in [0.05, 0.1) is 18.3 Å². The number of amides is 1. The maximum Gasteiger partial charge on any atom is 0.281 e. The Morgan fingerprint density at radius 2 is 1.72 bits per heavy atom. The summed E-state index contributed by atoms with van der Waals surface area (Å²) in [4.78, 5) is 32.3. The maximum absolute atomic E-state index is 14.4. The summed E-state index contributed by atoms with van der Waals surface area (Å²) in [6.07, 6.45) is 4.68. The van der Waals surface area contributed by atoms with Crippen molar-refractivity contribution in [2.75, 3.05) is 44.7 Å². The highest BCUT2D eigenvalue weighted by atomic mass is 32.2. The van der Waals surface area contributed by atoms with Crippen LogP contribution in [0, 0.1) is 25.2 Å². The van der Waals surface area contributed by atoms with Gasteiger partial charge >= 0.3 is 0 Å². The first-order chi connectivity index (χ1) is 22.5. The van der Waals surface area contributed by atoms with Crippen LogP contribution in [-0.4, -0.2) is 91.1 Å². The number of aryl methyl sites for hydroxylation is 2. The van der Waals surface area contributed by atoms with Gasteiger partial charge in [-0.25, -0.2) is 14.7 Å². The molecular formula is C35H46N6O5S. The van der Waals surface area contributed by atoms with Crippen molar-refractivity contribution >= 4 is 21.9 Å². The Bertz CT molecular complexity index is 1690. The molecule has 3 aromatic rings. The molecule has 12 heteroatoms. The zero-order valence-electron chi connectivity index (χ0n) is 28.0. The molecule has 11 nitrogen and oxygen atoms in total. The number of anilines is 1. The number of nitrogens with zero attached hydrogens (tertiary/aromatic N) is 5. The van der Waals surface area contributed by atoms with Gasteiger partial charge in [0.15, 0.2) is 5.03 Å².